The lowest BCUT2D eigenvalue weighted by Gasteiger charge is -2.03. The maximum absolute atomic E-state index is 12.1. The SMILES string of the molecule is COCC(=O)Nc1nc(C)c(C(=O)OCc2ccccc2)s1. The molecule has 6 nitrogen and oxygen atoms in total. The molecule has 0 aliphatic carbocycles. The van der Waals surface area contributed by atoms with Crippen molar-refractivity contribution in [3.8, 4) is 0 Å². The average Bonchev–Trinajstić information content (AvgIpc) is 2.86. The molecule has 22 heavy (non-hydrogen) atoms. The molecule has 0 bridgehead atoms. The number of benzene rings is 1. The fourth-order valence-electron chi connectivity index (χ4n) is 1.71. The highest BCUT2D eigenvalue weighted by Gasteiger charge is 2.18. The zero-order chi connectivity index (χ0) is 15.9. The number of hydrogen-bond acceptors (Lipinski definition) is 6. The zero-order valence-corrected chi connectivity index (χ0v) is 13.1. The Labute approximate surface area is 132 Å². The highest BCUT2D eigenvalue weighted by molar-refractivity contribution is 7.17. The van der Waals surface area contributed by atoms with Gasteiger partial charge in [0.1, 0.15) is 18.1 Å². The van der Waals surface area contributed by atoms with Crippen LogP contribution >= 0.6 is 11.3 Å². The van der Waals surface area contributed by atoms with E-state index in [-0.39, 0.29) is 19.1 Å². The topological polar surface area (TPSA) is 77.5 Å². The summed E-state index contributed by atoms with van der Waals surface area (Å²) in [4.78, 5) is 28.0. The first kappa shape index (κ1) is 16.1. The number of aryl methyl sites for hydroxylation is 1. The minimum Gasteiger partial charge on any atom is -0.457 e. The van der Waals surface area contributed by atoms with Crippen LogP contribution in [0.5, 0.6) is 0 Å². The van der Waals surface area contributed by atoms with E-state index in [1.807, 2.05) is 30.3 Å². The van der Waals surface area contributed by atoms with Crippen molar-refractivity contribution in [1.29, 1.82) is 0 Å². The molecule has 2 aromatic rings. The van der Waals surface area contributed by atoms with Crippen LogP contribution in [0.3, 0.4) is 0 Å². The molecular formula is C15H16N2O4S. The number of carbonyl (C=O) groups is 2. The first-order chi connectivity index (χ1) is 10.6. The summed E-state index contributed by atoms with van der Waals surface area (Å²) in [5.41, 5.74) is 1.43. The molecule has 1 N–H and O–H groups in total. The van der Waals surface area contributed by atoms with Gasteiger partial charge >= 0.3 is 5.97 Å². The third-order valence-corrected chi connectivity index (χ3v) is 3.77. The second kappa shape index (κ2) is 7.67. The van der Waals surface area contributed by atoms with E-state index in [4.69, 9.17) is 9.47 Å². The number of thiazole rings is 1. The van der Waals surface area contributed by atoms with Gasteiger partial charge in [0, 0.05) is 7.11 Å². The van der Waals surface area contributed by atoms with E-state index in [0.29, 0.717) is 15.7 Å². The van der Waals surface area contributed by atoms with Crippen molar-refractivity contribution in [2.75, 3.05) is 19.0 Å². The van der Waals surface area contributed by atoms with Crippen molar-refractivity contribution >= 4 is 28.3 Å². The third kappa shape index (κ3) is 4.37. The van der Waals surface area contributed by atoms with E-state index in [9.17, 15) is 9.59 Å². The minimum atomic E-state index is -0.453. The Kier molecular flexibility index (Phi) is 5.62. The number of aromatic nitrogens is 1. The highest BCUT2D eigenvalue weighted by Crippen LogP contribution is 2.23. The summed E-state index contributed by atoms with van der Waals surface area (Å²) in [6.45, 7) is 1.83. The molecule has 0 fully saturated rings. The summed E-state index contributed by atoms with van der Waals surface area (Å²) in [6, 6.07) is 9.41. The number of nitrogens with one attached hydrogen (secondary N) is 1. The maximum atomic E-state index is 12.1. The van der Waals surface area contributed by atoms with Gasteiger partial charge in [0.25, 0.3) is 5.91 Å². The standard InChI is InChI=1S/C15H16N2O4S/c1-10-13(22-15(16-10)17-12(18)9-20-2)14(19)21-8-11-6-4-3-5-7-11/h3-7H,8-9H2,1-2H3,(H,16,17,18). The van der Waals surface area contributed by atoms with Crippen LogP contribution in [-0.4, -0.2) is 30.6 Å². The number of hydrogen-bond donors (Lipinski definition) is 1. The first-order valence-corrected chi connectivity index (χ1v) is 7.39. The molecule has 0 saturated carbocycles. The zero-order valence-electron chi connectivity index (χ0n) is 12.3. The van der Waals surface area contributed by atoms with E-state index in [1.54, 1.807) is 6.92 Å². The van der Waals surface area contributed by atoms with E-state index in [1.165, 1.54) is 7.11 Å². The molecule has 0 spiro atoms. The predicted octanol–water partition coefficient (Wildman–Crippen LogP) is 2.39. The van der Waals surface area contributed by atoms with Gasteiger partial charge in [-0.3, -0.25) is 10.1 Å². The van der Waals surface area contributed by atoms with Gasteiger partial charge in [-0.1, -0.05) is 41.7 Å². The van der Waals surface area contributed by atoms with Crippen molar-refractivity contribution in [3.63, 3.8) is 0 Å². The van der Waals surface area contributed by atoms with Crippen LogP contribution in [0.25, 0.3) is 0 Å². The number of rotatable bonds is 6. The van der Waals surface area contributed by atoms with E-state index >= 15 is 0 Å². The lowest BCUT2D eigenvalue weighted by molar-refractivity contribution is -0.119. The monoisotopic (exact) mass is 320 g/mol. The van der Waals surface area contributed by atoms with Gasteiger partial charge in [0.2, 0.25) is 0 Å². The second-order valence-corrected chi connectivity index (χ2v) is 5.48. The number of ether oxygens (including phenoxy) is 2. The summed E-state index contributed by atoms with van der Waals surface area (Å²) in [5, 5.41) is 2.92. The van der Waals surface area contributed by atoms with Crippen LogP contribution in [0.15, 0.2) is 30.3 Å². The molecule has 1 aromatic carbocycles. The summed E-state index contributed by atoms with van der Waals surface area (Å²) < 4.78 is 9.98. The smallest absolute Gasteiger partial charge is 0.350 e. The van der Waals surface area contributed by atoms with Crippen molar-refractivity contribution in [3.05, 3.63) is 46.5 Å². The Morgan fingerprint density at radius 3 is 2.68 bits per heavy atom. The number of methoxy groups -OCH3 is 1. The molecule has 116 valence electrons. The average molecular weight is 320 g/mol. The third-order valence-electron chi connectivity index (χ3n) is 2.72. The second-order valence-electron chi connectivity index (χ2n) is 4.48. The molecule has 7 heteroatoms. The fraction of sp³-hybridized carbons (Fsp3) is 0.267. The molecule has 0 saturated heterocycles. The molecule has 0 radical (unpaired) electrons. The number of esters is 1. The Balaban J connectivity index is 1.98. The normalized spacial score (nSPS) is 10.3. The van der Waals surface area contributed by atoms with Crippen molar-refractivity contribution in [2.24, 2.45) is 0 Å². The molecule has 0 aliphatic rings. The molecule has 0 aliphatic heterocycles. The van der Waals surface area contributed by atoms with Crippen LogP contribution in [0.2, 0.25) is 0 Å². The molecular weight excluding hydrogens is 304 g/mol. The summed E-state index contributed by atoms with van der Waals surface area (Å²) >= 11 is 1.08. The Morgan fingerprint density at radius 2 is 2.00 bits per heavy atom. The van der Waals surface area contributed by atoms with Crippen molar-refractivity contribution in [1.82, 2.24) is 4.98 Å². The molecule has 0 atom stereocenters. The molecule has 1 amide bonds. The van der Waals surface area contributed by atoms with Crippen LogP contribution in [-0.2, 0) is 20.9 Å². The van der Waals surface area contributed by atoms with Gasteiger partial charge < -0.3 is 9.47 Å². The van der Waals surface area contributed by atoms with Gasteiger partial charge in [-0.2, -0.15) is 0 Å². The quantitative estimate of drug-likeness (QED) is 0.827. The fourth-order valence-corrected chi connectivity index (χ4v) is 2.59. The van der Waals surface area contributed by atoms with Crippen LogP contribution in [0, 0.1) is 6.92 Å². The van der Waals surface area contributed by atoms with Crippen molar-refractivity contribution in [2.45, 2.75) is 13.5 Å². The largest absolute Gasteiger partial charge is 0.457 e. The van der Waals surface area contributed by atoms with Gasteiger partial charge in [-0.15, -0.1) is 0 Å². The van der Waals surface area contributed by atoms with Gasteiger partial charge in [0.05, 0.1) is 5.69 Å². The summed E-state index contributed by atoms with van der Waals surface area (Å²) in [7, 11) is 1.43. The van der Waals surface area contributed by atoms with Gasteiger partial charge in [-0.05, 0) is 12.5 Å². The molecule has 0 unspecified atom stereocenters. The molecule has 2 rings (SSSR count). The highest BCUT2D eigenvalue weighted by atomic mass is 32.1. The Morgan fingerprint density at radius 1 is 1.27 bits per heavy atom. The Hall–Kier alpha value is -2.25. The first-order valence-electron chi connectivity index (χ1n) is 6.57. The number of anilines is 1. The van der Waals surface area contributed by atoms with Gasteiger partial charge in [-0.25, -0.2) is 9.78 Å². The molecule has 1 heterocycles. The lowest BCUT2D eigenvalue weighted by Crippen LogP contribution is -2.16. The predicted molar refractivity (Wildman–Crippen MR) is 82.9 cm³/mol. The van der Waals surface area contributed by atoms with Crippen LogP contribution in [0.4, 0.5) is 5.13 Å². The molecule has 1 aromatic heterocycles. The number of nitrogens with zero attached hydrogens (tertiary/aromatic N) is 1. The maximum Gasteiger partial charge on any atom is 0.350 e. The van der Waals surface area contributed by atoms with E-state index in [2.05, 4.69) is 10.3 Å². The van der Waals surface area contributed by atoms with Crippen molar-refractivity contribution < 1.29 is 19.1 Å². The van der Waals surface area contributed by atoms with Gasteiger partial charge in [0.15, 0.2) is 5.13 Å². The minimum absolute atomic E-state index is 0.0631. The van der Waals surface area contributed by atoms with E-state index < -0.39 is 5.97 Å². The van der Waals surface area contributed by atoms with E-state index in [0.717, 1.165) is 16.9 Å². The lowest BCUT2D eigenvalue weighted by atomic mass is 10.2. The number of carbonyl (C=O) groups excluding carboxylic acids is 2. The Bertz CT molecular complexity index is 655. The van der Waals surface area contributed by atoms with Crippen LogP contribution < -0.4 is 5.32 Å². The van der Waals surface area contributed by atoms with Crippen LogP contribution in [0.1, 0.15) is 20.9 Å². The summed E-state index contributed by atoms with van der Waals surface area (Å²) in [6.07, 6.45) is 0. The summed E-state index contributed by atoms with van der Waals surface area (Å²) in [5.74, 6) is -0.772. The number of amides is 1.